The standard InChI is InChI=1S/C17H29NO4/c1-13(2)21-11-14-5-3-7-17(14)12-18(8-10-22-17)16(19)15-6-4-9-20-15/h13-15H,3-12H2,1-2H3/t14-,15?,17+/m1/s1. The number of rotatable bonds is 4. The van der Waals surface area contributed by atoms with Crippen LogP contribution in [0.5, 0.6) is 0 Å². The highest BCUT2D eigenvalue weighted by Crippen LogP contribution is 2.41. The van der Waals surface area contributed by atoms with Crippen LogP contribution in [0.3, 0.4) is 0 Å². The molecule has 0 aromatic carbocycles. The lowest BCUT2D eigenvalue weighted by molar-refractivity contribution is -0.169. The maximum Gasteiger partial charge on any atom is 0.251 e. The van der Waals surface area contributed by atoms with Crippen molar-refractivity contribution >= 4 is 5.91 Å². The molecule has 0 bridgehead atoms. The van der Waals surface area contributed by atoms with E-state index in [1.54, 1.807) is 0 Å². The Balaban J connectivity index is 1.64. The minimum absolute atomic E-state index is 0.163. The van der Waals surface area contributed by atoms with Crippen LogP contribution in [0.25, 0.3) is 0 Å². The third-order valence-electron chi connectivity index (χ3n) is 5.25. The second-order valence-electron chi connectivity index (χ2n) is 7.15. The molecular formula is C17H29NO4. The largest absolute Gasteiger partial charge is 0.378 e. The first-order chi connectivity index (χ1) is 10.6. The Morgan fingerprint density at radius 1 is 1.32 bits per heavy atom. The molecule has 1 spiro atoms. The summed E-state index contributed by atoms with van der Waals surface area (Å²) in [6.45, 7) is 7.62. The first kappa shape index (κ1) is 16.2. The molecule has 2 saturated heterocycles. The zero-order valence-corrected chi connectivity index (χ0v) is 13.9. The van der Waals surface area contributed by atoms with Crippen molar-refractivity contribution in [2.75, 3.05) is 32.9 Å². The summed E-state index contributed by atoms with van der Waals surface area (Å²) in [4.78, 5) is 14.6. The highest BCUT2D eigenvalue weighted by molar-refractivity contribution is 5.81. The van der Waals surface area contributed by atoms with E-state index >= 15 is 0 Å². The second-order valence-corrected chi connectivity index (χ2v) is 7.15. The Morgan fingerprint density at radius 2 is 2.18 bits per heavy atom. The number of nitrogens with zero attached hydrogens (tertiary/aromatic N) is 1. The summed E-state index contributed by atoms with van der Waals surface area (Å²) in [5.74, 6) is 0.561. The molecule has 3 fully saturated rings. The van der Waals surface area contributed by atoms with Crippen molar-refractivity contribution in [3.05, 3.63) is 0 Å². The molecule has 5 nitrogen and oxygen atoms in total. The van der Waals surface area contributed by atoms with Gasteiger partial charge in [0.25, 0.3) is 5.91 Å². The number of morpholine rings is 1. The summed E-state index contributed by atoms with van der Waals surface area (Å²) >= 11 is 0. The number of carbonyl (C=O) groups is 1. The molecule has 0 aromatic rings. The normalized spacial score (nSPS) is 35.7. The van der Waals surface area contributed by atoms with Crippen molar-refractivity contribution in [1.29, 1.82) is 0 Å². The fourth-order valence-corrected chi connectivity index (χ4v) is 4.03. The van der Waals surface area contributed by atoms with Gasteiger partial charge in [0.1, 0.15) is 6.10 Å². The van der Waals surface area contributed by atoms with Gasteiger partial charge in [-0.2, -0.15) is 0 Å². The van der Waals surface area contributed by atoms with Gasteiger partial charge in [0.05, 0.1) is 31.5 Å². The second kappa shape index (κ2) is 6.85. The van der Waals surface area contributed by atoms with Crippen LogP contribution in [0.15, 0.2) is 0 Å². The van der Waals surface area contributed by atoms with E-state index in [0.29, 0.717) is 25.6 Å². The van der Waals surface area contributed by atoms with Crippen LogP contribution in [-0.4, -0.2) is 61.5 Å². The third kappa shape index (κ3) is 3.31. The van der Waals surface area contributed by atoms with Gasteiger partial charge in [-0.05, 0) is 39.5 Å². The number of carbonyl (C=O) groups excluding carboxylic acids is 1. The molecule has 0 N–H and O–H groups in total. The van der Waals surface area contributed by atoms with E-state index in [1.165, 1.54) is 0 Å². The van der Waals surface area contributed by atoms with Gasteiger partial charge in [-0.15, -0.1) is 0 Å². The Hall–Kier alpha value is -0.650. The van der Waals surface area contributed by atoms with Gasteiger partial charge in [-0.1, -0.05) is 6.42 Å². The smallest absolute Gasteiger partial charge is 0.251 e. The Kier molecular flexibility index (Phi) is 5.05. The van der Waals surface area contributed by atoms with Gasteiger partial charge < -0.3 is 19.1 Å². The van der Waals surface area contributed by atoms with Crippen molar-refractivity contribution in [2.45, 2.75) is 63.8 Å². The minimum atomic E-state index is -0.220. The lowest BCUT2D eigenvalue weighted by atomic mass is 9.89. The van der Waals surface area contributed by atoms with Crippen LogP contribution in [-0.2, 0) is 19.0 Å². The van der Waals surface area contributed by atoms with Gasteiger partial charge >= 0.3 is 0 Å². The summed E-state index contributed by atoms with van der Waals surface area (Å²) < 4.78 is 17.6. The molecule has 3 rings (SSSR count). The maximum atomic E-state index is 12.6. The molecule has 0 radical (unpaired) electrons. The van der Waals surface area contributed by atoms with E-state index in [1.807, 2.05) is 4.90 Å². The zero-order valence-electron chi connectivity index (χ0n) is 13.9. The predicted octanol–water partition coefficient (Wildman–Crippen LogP) is 1.99. The molecule has 126 valence electrons. The highest BCUT2D eigenvalue weighted by atomic mass is 16.5. The molecule has 1 amide bonds. The molecule has 1 saturated carbocycles. The van der Waals surface area contributed by atoms with Crippen LogP contribution >= 0.6 is 0 Å². The van der Waals surface area contributed by atoms with E-state index in [2.05, 4.69) is 13.8 Å². The van der Waals surface area contributed by atoms with E-state index < -0.39 is 0 Å². The Morgan fingerprint density at radius 3 is 2.91 bits per heavy atom. The monoisotopic (exact) mass is 311 g/mol. The average Bonchev–Trinajstić information content (AvgIpc) is 3.15. The first-order valence-corrected chi connectivity index (χ1v) is 8.77. The molecule has 2 aliphatic heterocycles. The molecule has 1 unspecified atom stereocenters. The van der Waals surface area contributed by atoms with Gasteiger partial charge in [-0.25, -0.2) is 0 Å². The number of amides is 1. The quantitative estimate of drug-likeness (QED) is 0.796. The van der Waals surface area contributed by atoms with Crippen molar-refractivity contribution in [3.8, 4) is 0 Å². The number of hydrogen-bond acceptors (Lipinski definition) is 4. The topological polar surface area (TPSA) is 48.0 Å². The Bertz CT molecular complexity index is 394. The number of hydrogen-bond donors (Lipinski definition) is 0. The van der Waals surface area contributed by atoms with E-state index in [-0.39, 0.29) is 23.7 Å². The van der Waals surface area contributed by atoms with E-state index in [9.17, 15) is 4.79 Å². The van der Waals surface area contributed by atoms with E-state index in [0.717, 1.165) is 45.3 Å². The first-order valence-electron chi connectivity index (χ1n) is 8.77. The third-order valence-corrected chi connectivity index (χ3v) is 5.25. The molecule has 22 heavy (non-hydrogen) atoms. The molecular weight excluding hydrogens is 282 g/mol. The molecule has 2 heterocycles. The van der Waals surface area contributed by atoms with Crippen molar-refractivity contribution < 1.29 is 19.0 Å². The average molecular weight is 311 g/mol. The summed E-state index contributed by atoms with van der Waals surface area (Å²) in [7, 11) is 0. The number of ether oxygens (including phenoxy) is 3. The lowest BCUT2D eigenvalue weighted by Gasteiger charge is -2.44. The van der Waals surface area contributed by atoms with Gasteiger partial charge in [-0.3, -0.25) is 4.79 Å². The predicted molar refractivity (Wildman–Crippen MR) is 82.7 cm³/mol. The highest BCUT2D eigenvalue weighted by Gasteiger charge is 2.48. The molecule has 0 aromatic heterocycles. The van der Waals surface area contributed by atoms with Crippen molar-refractivity contribution in [2.24, 2.45) is 5.92 Å². The molecule has 5 heteroatoms. The summed E-state index contributed by atoms with van der Waals surface area (Å²) in [5.41, 5.74) is -0.193. The fourth-order valence-electron chi connectivity index (χ4n) is 4.03. The van der Waals surface area contributed by atoms with Crippen LogP contribution < -0.4 is 0 Å². The SMILES string of the molecule is CC(C)OC[C@H]1CCC[C@]12CN(C(=O)C1CCCO1)CCO2. The maximum absolute atomic E-state index is 12.6. The Labute approximate surface area is 133 Å². The van der Waals surface area contributed by atoms with Crippen LogP contribution in [0.1, 0.15) is 46.0 Å². The summed E-state index contributed by atoms with van der Waals surface area (Å²) in [6, 6.07) is 0. The van der Waals surface area contributed by atoms with Crippen molar-refractivity contribution in [1.82, 2.24) is 4.90 Å². The molecule has 3 atom stereocenters. The zero-order chi connectivity index (χ0) is 15.6. The summed E-state index contributed by atoms with van der Waals surface area (Å²) in [6.07, 6.45) is 5.21. The van der Waals surface area contributed by atoms with Gasteiger partial charge in [0, 0.05) is 19.1 Å². The van der Waals surface area contributed by atoms with E-state index in [4.69, 9.17) is 14.2 Å². The van der Waals surface area contributed by atoms with Gasteiger partial charge in [0.2, 0.25) is 0 Å². The van der Waals surface area contributed by atoms with Crippen LogP contribution in [0, 0.1) is 5.92 Å². The molecule has 3 aliphatic rings. The summed E-state index contributed by atoms with van der Waals surface area (Å²) in [5, 5.41) is 0. The van der Waals surface area contributed by atoms with Gasteiger partial charge in [0.15, 0.2) is 0 Å². The lowest BCUT2D eigenvalue weighted by Crippen LogP contribution is -2.57. The van der Waals surface area contributed by atoms with Crippen molar-refractivity contribution in [3.63, 3.8) is 0 Å². The van der Waals surface area contributed by atoms with Crippen LogP contribution in [0.2, 0.25) is 0 Å². The van der Waals surface area contributed by atoms with Crippen LogP contribution in [0.4, 0.5) is 0 Å². The molecule has 1 aliphatic carbocycles. The fraction of sp³-hybridized carbons (Fsp3) is 0.941. The minimum Gasteiger partial charge on any atom is -0.378 e.